The number of carboxylic acid groups (broad SMARTS) is 1. The van der Waals surface area contributed by atoms with Gasteiger partial charge in [-0.2, -0.15) is 0 Å². The molecule has 1 aromatic rings. The van der Waals surface area contributed by atoms with E-state index in [9.17, 15) is 9.59 Å². The number of anilines is 1. The number of nitrogens with zero attached hydrogens (tertiary/aromatic N) is 1. The Hall–Kier alpha value is -1.47. The Kier molecular flexibility index (Phi) is 5.69. The minimum absolute atomic E-state index is 0.0127. The molecule has 0 aliphatic heterocycles. The number of rotatable bonds is 7. The van der Waals surface area contributed by atoms with Crippen LogP contribution in [0.25, 0.3) is 0 Å². The summed E-state index contributed by atoms with van der Waals surface area (Å²) in [5, 5.41) is 15.2. The van der Waals surface area contributed by atoms with Crippen LogP contribution in [0.4, 0.5) is 5.13 Å². The van der Waals surface area contributed by atoms with Crippen LogP contribution < -0.4 is 10.6 Å². The monoisotopic (exact) mass is 311 g/mol. The molecule has 116 valence electrons. The van der Waals surface area contributed by atoms with E-state index in [1.165, 1.54) is 22.6 Å². The van der Waals surface area contributed by atoms with Crippen LogP contribution in [0.2, 0.25) is 0 Å². The van der Waals surface area contributed by atoms with E-state index in [2.05, 4.69) is 15.6 Å². The summed E-state index contributed by atoms with van der Waals surface area (Å²) in [7, 11) is 0. The van der Waals surface area contributed by atoms with Gasteiger partial charge >= 0.3 is 5.97 Å². The van der Waals surface area contributed by atoms with Gasteiger partial charge in [-0.1, -0.05) is 13.3 Å². The predicted octanol–water partition coefficient (Wildman–Crippen LogP) is 1.80. The van der Waals surface area contributed by atoms with Crippen molar-refractivity contribution in [3.63, 3.8) is 0 Å². The maximum Gasteiger partial charge on any atom is 0.320 e. The average Bonchev–Trinajstić information content (AvgIpc) is 2.85. The Labute approximate surface area is 128 Å². The molecule has 6 nitrogen and oxygen atoms in total. The maximum absolute atomic E-state index is 11.9. The van der Waals surface area contributed by atoms with Gasteiger partial charge in [-0.15, -0.1) is 11.3 Å². The van der Waals surface area contributed by atoms with Crippen molar-refractivity contribution in [3.8, 4) is 0 Å². The minimum atomic E-state index is -0.922. The number of thiazole rings is 1. The molecule has 0 bridgehead atoms. The highest BCUT2D eigenvalue weighted by Gasteiger charge is 2.19. The average molecular weight is 311 g/mol. The van der Waals surface area contributed by atoms with Crippen LogP contribution in [0.5, 0.6) is 0 Å². The molecule has 1 aliphatic rings. The van der Waals surface area contributed by atoms with Crippen molar-refractivity contribution < 1.29 is 14.7 Å². The molecule has 0 fully saturated rings. The second-order valence-corrected chi connectivity index (χ2v) is 6.29. The minimum Gasteiger partial charge on any atom is -0.480 e. The summed E-state index contributed by atoms with van der Waals surface area (Å²) in [6, 6.07) is -0.676. The summed E-state index contributed by atoms with van der Waals surface area (Å²) >= 11 is 1.53. The molecule has 1 aliphatic carbocycles. The summed E-state index contributed by atoms with van der Waals surface area (Å²) in [6.07, 6.45) is 5.62. The highest BCUT2D eigenvalue weighted by atomic mass is 32.1. The van der Waals surface area contributed by atoms with Crippen LogP contribution in [0, 0.1) is 0 Å². The zero-order valence-electron chi connectivity index (χ0n) is 12.1. The van der Waals surface area contributed by atoms with Gasteiger partial charge in [-0.05, 0) is 32.1 Å². The number of aromatic nitrogens is 1. The normalized spacial score (nSPS) is 15.3. The van der Waals surface area contributed by atoms with Gasteiger partial charge in [0.2, 0.25) is 5.91 Å². The summed E-state index contributed by atoms with van der Waals surface area (Å²) in [5.41, 5.74) is 1.10. The van der Waals surface area contributed by atoms with Crippen molar-refractivity contribution in [1.82, 2.24) is 10.3 Å². The van der Waals surface area contributed by atoms with Crippen molar-refractivity contribution in [2.24, 2.45) is 0 Å². The number of hydrogen-bond acceptors (Lipinski definition) is 5. The number of hydrogen-bond donors (Lipinski definition) is 3. The molecule has 2 rings (SSSR count). The van der Waals surface area contributed by atoms with Crippen LogP contribution in [-0.4, -0.2) is 34.6 Å². The third-order valence-electron chi connectivity index (χ3n) is 3.48. The summed E-state index contributed by atoms with van der Waals surface area (Å²) in [6.45, 7) is 1.90. The molecule has 0 spiro atoms. The summed E-state index contributed by atoms with van der Waals surface area (Å²) in [4.78, 5) is 28.5. The van der Waals surface area contributed by atoms with Gasteiger partial charge in [0.1, 0.15) is 6.04 Å². The maximum atomic E-state index is 11.9. The quantitative estimate of drug-likeness (QED) is 0.714. The van der Waals surface area contributed by atoms with Crippen LogP contribution >= 0.6 is 11.3 Å². The first kappa shape index (κ1) is 15.9. The predicted molar refractivity (Wildman–Crippen MR) is 81.7 cm³/mol. The van der Waals surface area contributed by atoms with Crippen LogP contribution in [-0.2, 0) is 22.4 Å². The van der Waals surface area contributed by atoms with E-state index in [4.69, 9.17) is 5.11 Å². The van der Waals surface area contributed by atoms with E-state index in [0.717, 1.165) is 31.4 Å². The Morgan fingerprint density at radius 1 is 1.38 bits per heavy atom. The molecule has 7 heteroatoms. The van der Waals surface area contributed by atoms with Crippen LogP contribution in [0.15, 0.2) is 0 Å². The van der Waals surface area contributed by atoms with Crippen LogP contribution in [0.1, 0.15) is 43.2 Å². The number of nitrogens with one attached hydrogen (secondary N) is 2. The van der Waals surface area contributed by atoms with Crippen molar-refractivity contribution in [2.75, 3.05) is 11.9 Å². The largest absolute Gasteiger partial charge is 0.480 e. The molecule has 0 saturated heterocycles. The first-order valence-corrected chi connectivity index (χ1v) is 8.16. The van der Waals surface area contributed by atoms with Gasteiger partial charge in [0.15, 0.2) is 5.13 Å². The van der Waals surface area contributed by atoms with Gasteiger partial charge in [0.25, 0.3) is 0 Å². The Morgan fingerprint density at radius 3 is 2.81 bits per heavy atom. The van der Waals surface area contributed by atoms with E-state index in [1.54, 1.807) is 0 Å². The van der Waals surface area contributed by atoms with Crippen molar-refractivity contribution in [2.45, 2.75) is 51.5 Å². The lowest BCUT2D eigenvalue weighted by molar-refractivity contribution is -0.139. The second-order valence-electron chi connectivity index (χ2n) is 5.20. The Balaban J connectivity index is 1.84. The fourth-order valence-corrected chi connectivity index (χ4v) is 3.45. The van der Waals surface area contributed by atoms with Gasteiger partial charge < -0.3 is 10.4 Å². The number of amides is 1. The Morgan fingerprint density at radius 2 is 2.14 bits per heavy atom. The lowest BCUT2D eigenvalue weighted by Gasteiger charge is -2.12. The molecule has 0 radical (unpaired) electrons. The molecule has 1 aromatic heterocycles. The fourth-order valence-electron chi connectivity index (χ4n) is 2.39. The number of carboxylic acids is 1. The molecular weight excluding hydrogens is 290 g/mol. The number of aryl methyl sites for hydroxylation is 2. The molecule has 1 amide bonds. The van der Waals surface area contributed by atoms with Crippen molar-refractivity contribution in [1.29, 1.82) is 0 Å². The molecule has 21 heavy (non-hydrogen) atoms. The van der Waals surface area contributed by atoms with Gasteiger partial charge in [-0.25, -0.2) is 4.98 Å². The number of carbonyl (C=O) groups is 2. The smallest absolute Gasteiger partial charge is 0.320 e. The van der Waals surface area contributed by atoms with E-state index in [1.807, 2.05) is 6.92 Å². The number of carbonyl (C=O) groups excluding carboxylic acids is 1. The van der Waals surface area contributed by atoms with E-state index in [-0.39, 0.29) is 12.5 Å². The van der Waals surface area contributed by atoms with E-state index in [0.29, 0.717) is 11.6 Å². The third-order valence-corrected chi connectivity index (χ3v) is 4.55. The SMILES string of the molecule is CCCC(NCC(=O)Nc1nc2c(s1)CCCC2)C(=O)O. The second kappa shape index (κ2) is 7.51. The Bertz CT molecular complexity index is 492. The van der Waals surface area contributed by atoms with Gasteiger partial charge in [0, 0.05) is 4.88 Å². The zero-order chi connectivity index (χ0) is 15.2. The highest BCUT2D eigenvalue weighted by Crippen LogP contribution is 2.29. The molecule has 0 aromatic carbocycles. The third kappa shape index (κ3) is 4.50. The van der Waals surface area contributed by atoms with E-state index >= 15 is 0 Å². The molecule has 3 N–H and O–H groups in total. The highest BCUT2D eigenvalue weighted by molar-refractivity contribution is 7.15. The standard InChI is InChI=1S/C14H21N3O3S/c1-2-5-10(13(19)20)15-8-12(18)17-14-16-9-6-3-4-7-11(9)21-14/h10,15H,2-8H2,1H3,(H,19,20)(H,16,17,18). The molecule has 0 saturated carbocycles. The zero-order valence-corrected chi connectivity index (χ0v) is 13.0. The summed E-state index contributed by atoms with van der Waals surface area (Å²) < 4.78 is 0. The number of aliphatic carboxylic acids is 1. The lowest BCUT2D eigenvalue weighted by Crippen LogP contribution is -2.41. The fraction of sp³-hybridized carbons (Fsp3) is 0.643. The molecule has 1 heterocycles. The molecule has 1 unspecified atom stereocenters. The first-order valence-electron chi connectivity index (χ1n) is 7.34. The first-order chi connectivity index (χ1) is 10.1. The molecular formula is C14H21N3O3S. The van der Waals surface area contributed by atoms with Crippen LogP contribution in [0.3, 0.4) is 0 Å². The summed E-state index contributed by atoms with van der Waals surface area (Å²) in [5.74, 6) is -1.17. The topological polar surface area (TPSA) is 91.3 Å². The van der Waals surface area contributed by atoms with Gasteiger partial charge in [-0.3, -0.25) is 14.9 Å². The number of fused-ring (bicyclic) bond motifs is 1. The van der Waals surface area contributed by atoms with Crippen molar-refractivity contribution in [3.05, 3.63) is 10.6 Å². The van der Waals surface area contributed by atoms with Crippen molar-refractivity contribution >= 4 is 28.3 Å². The van der Waals surface area contributed by atoms with Gasteiger partial charge in [0.05, 0.1) is 12.2 Å². The lowest BCUT2D eigenvalue weighted by atomic mass is 10.0. The molecule has 1 atom stereocenters. The van der Waals surface area contributed by atoms with E-state index < -0.39 is 12.0 Å².